The summed E-state index contributed by atoms with van der Waals surface area (Å²) < 4.78 is 6.15. The van der Waals surface area contributed by atoms with Gasteiger partial charge in [-0.3, -0.25) is 0 Å². The molecule has 0 heterocycles. The number of hydrogen-bond donors (Lipinski definition) is 0. The van der Waals surface area contributed by atoms with E-state index >= 15 is 0 Å². The Morgan fingerprint density at radius 3 is 1.11 bits per heavy atom. The van der Waals surface area contributed by atoms with Gasteiger partial charge in [0.05, 0.1) is 0 Å². The van der Waals surface area contributed by atoms with E-state index in [1.807, 2.05) is 0 Å². The van der Waals surface area contributed by atoms with Gasteiger partial charge in [0, 0.05) is 0 Å². The van der Waals surface area contributed by atoms with Crippen LogP contribution in [0.25, 0.3) is 0 Å². The molecule has 0 bridgehead atoms. The molecule has 0 aliphatic rings. The van der Waals surface area contributed by atoms with Gasteiger partial charge in [0.2, 0.25) is 0 Å². The van der Waals surface area contributed by atoms with Gasteiger partial charge in [-0.25, -0.2) is 0 Å². The Labute approximate surface area is 173 Å². The zero-order valence-corrected chi connectivity index (χ0v) is 20.7. The molecule has 0 saturated heterocycles. The molecule has 1 heteroatoms. The number of benzene rings is 4. The quantitative estimate of drug-likeness (QED) is 0.334. The predicted octanol–water partition coefficient (Wildman–Crippen LogP) is 3.72. The van der Waals surface area contributed by atoms with Crippen molar-refractivity contribution in [2.24, 2.45) is 0 Å². The van der Waals surface area contributed by atoms with Gasteiger partial charge in [-0.2, -0.15) is 0 Å². The van der Waals surface area contributed by atoms with Crippen LogP contribution in [0.1, 0.15) is 16.7 Å². The fraction of sp³-hybridized carbons (Fsp3) is 0.111. The van der Waals surface area contributed by atoms with Crippen molar-refractivity contribution in [2.45, 2.75) is 20.8 Å². The van der Waals surface area contributed by atoms with Crippen LogP contribution in [0, 0.1) is 20.8 Å². The SMILES string of the molecule is Cc1cc(C)[c]([BiH]([c]2ccccc2)([c]2ccccc2)[c]2ccccc2)c(C)c1. The van der Waals surface area contributed by atoms with Crippen LogP contribution < -0.4 is 13.1 Å². The van der Waals surface area contributed by atoms with E-state index in [2.05, 4.69) is 124 Å². The first-order chi connectivity index (χ1) is 13.6. The molecule has 0 aliphatic carbocycles. The summed E-state index contributed by atoms with van der Waals surface area (Å²) in [5.41, 5.74) is 4.20. The Morgan fingerprint density at radius 1 is 0.464 bits per heavy atom. The van der Waals surface area contributed by atoms with Gasteiger partial charge in [-0.1, -0.05) is 0 Å². The van der Waals surface area contributed by atoms with E-state index in [0.717, 1.165) is 0 Å². The van der Waals surface area contributed by atoms with Crippen molar-refractivity contribution in [3.8, 4) is 0 Å². The van der Waals surface area contributed by atoms with Crippen molar-refractivity contribution >= 4 is 33.4 Å². The van der Waals surface area contributed by atoms with Gasteiger partial charge in [-0.15, -0.1) is 0 Å². The molecule has 0 aliphatic heterocycles. The van der Waals surface area contributed by atoms with Gasteiger partial charge in [-0.05, 0) is 0 Å². The minimum atomic E-state index is -3.65. The summed E-state index contributed by atoms with van der Waals surface area (Å²) in [6.07, 6.45) is 0. The molecule has 28 heavy (non-hydrogen) atoms. The van der Waals surface area contributed by atoms with Crippen LogP contribution in [0.4, 0.5) is 0 Å². The van der Waals surface area contributed by atoms with Crippen LogP contribution >= 0.6 is 0 Å². The molecule has 0 amide bonds. The third-order valence-electron chi connectivity index (χ3n) is 5.67. The van der Waals surface area contributed by atoms with E-state index in [4.69, 9.17) is 0 Å². The van der Waals surface area contributed by atoms with Crippen molar-refractivity contribution < 1.29 is 0 Å². The van der Waals surface area contributed by atoms with Gasteiger partial charge >= 0.3 is 174 Å². The summed E-state index contributed by atoms with van der Waals surface area (Å²) in [5, 5.41) is 0. The molecule has 0 saturated carbocycles. The van der Waals surface area contributed by atoms with Crippen molar-refractivity contribution in [2.75, 3.05) is 0 Å². The topological polar surface area (TPSA) is 0 Å². The van der Waals surface area contributed by atoms with Crippen LogP contribution in [0.15, 0.2) is 103 Å². The number of aryl methyl sites for hydroxylation is 3. The summed E-state index contributed by atoms with van der Waals surface area (Å²) >= 11 is -3.65. The third kappa shape index (κ3) is 3.23. The Hall–Kier alpha value is -2.24. The van der Waals surface area contributed by atoms with E-state index in [1.54, 1.807) is 3.27 Å². The third-order valence-corrected chi connectivity index (χ3v) is 25.6. The first-order valence-corrected chi connectivity index (χ1v) is 17.7. The number of hydrogen-bond acceptors (Lipinski definition) is 0. The zero-order valence-electron chi connectivity index (χ0n) is 16.8. The van der Waals surface area contributed by atoms with E-state index in [0.29, 0.717) is 0 Å². The molecule has 4 aromatic carbocycles. The summed E-state index contributed by atoms with van der Waals surface area (Å²) in [4.78, 5) is 0. The van der Waals surface area contributed by atoms with Gasteiger partial charge in [0.1, 0.15) is 0 Å². The normalized spacial score (nSPS) is 12.0. The van der Waals surface area contributed by atoms with Gasteiger partial charge in [0.25, 0.3) is 0 Å². The molecule has 0 nitrogen and oxygen atoms in total. The fourth-order valence-corrected chi connectivity index (χ4v) is 25.3. The molecule has 4 rings (SSSR count). The van der Waals surface area contributed by atoms with E-state index in [1.165, 1.54) is 26.5 Å². The van der Waals surface area contributed by atoms with E-state index < -0.39 is 20.3 Å². The summed E-state index contributed by atoms with van der Waals surface area (Å²) in [6.45, 7) is 6.81. The van der Waals surface area contributed by atoms with E-state index in [9.17, 15) is 0 Å². The van der Waals surface area contributed by atoms with Gasteiger partial charge < -0.3 is 0 Å². The maximum atomic E-state index is 2.37. The zero-order chi connectivity index (χ0) is 19.6. The van der Waals surface area contributed by atoms with Gasteiger partial charge in [0.15, 0.2) is 0 Å². The average Bonchev–Trinajstić information content (AvgIpc) is 2.72. The Balaban J connectivity index is 2.21. The molecule has 0 atom stereocenters. The molecule has 0 fully saturated rings. The molecule has 0 N–H and O–H groups in total. The molecular formula is C27H27Bi. The van der Waals surface area contributed by atoms with Crippen molar-refractivity contribution in [3.63, 3.8) is 0 Å². The molecular weight excluding hydrogens is 533 g/mol. The Morgan fingerprint density at radius 2 is 0.786 bits per heavy atom. The second kappa shape index (κ2) is 8.02. The molecule has 0 unspecified atom stereocenters. The summed E-state index contributed by atoms with van der Waals surface area (Å²) in [7, 11) is 0. The minimum absolute atomic E-state index is 1.34. The van der Waals surface area contributed by atoms with Crippen LogP contribution in [0.5, 0.6) is 0 Å². The van der Waals surface area contributed by atoms with Crippen LogP contribution in [0.3, 0.4) is 0 Å². The Bertz CT molecular complexity index is 947. The first kappa shape index (κ1) is 19.1. The fourth-order valence-electron chi connectivity index (χ4n) is 4.77. The molecule has 0 radical (unpaired) electrons. The molecule has 4 aromatic rings. The second-order valence-corrected chi connectivity index (χ2v) is 22.1. The van der Waals surface area contributed by atoms with Crippen molar-refractivity contribution in [3.05, 3.63) is 120 Å². The molecule has 0 spiro atoms. The monoisotopic (exact) mass is 560 g/mol. The maximum absolute atomic E-state index is 3.65. The molecule has 0 aromatic heterocycles. The summed E-state index contributed by atoms with van der Waals surface area (Å²) in [5.74, 6) is 0. The molecule has 140 valence electrons. The number of rotatable bonds is 4. The standard InChI is InChI=1S/C9H11.3C6H5.Bi.H/c1-7-4-8(2)6-9(3)5-7;3*1-2-4-6-5-3-1;;/h4-5H,1-3H3;3*1-5H;;. The first-order valence-electron chi connectivity index (χ1n) is 9.89. The van der Waals surface area contributed by atoms with Crippen molar-refractivity contribution in [1.82, 2.24) is 0 Å². The van der Waals surface area contributed by atoms with E-state index in [-0.39, 0.29) is 0 Å². The second-order valence-electron chi connectivity index (χ2n) is 7.62. The van der Waals surface area contributed by atoms with Crippen LogP contribution in [-0.4, -0.2) is 20.3 Å². The summed E-state index contributed by atoms with van der Waals surface area (Å²) in [6, 6.07) is 38.5. The van der Waals surface area contributed by atoms with Crippen LogP contribution in [-0.2, 0) is 0 Å². The van der Waals surface area contributed by atoms with Crippen LogP contribution in [0.2, 0.25) is 0 Å². The average molecular weight is 560 g/mol. The Kier molecular flexibility index (Phi) is 5.47. The van der Waals surface area contributed by atoms with Crippen molar-refractivity contribution in [1.29, 1.82) is 0 Å². The predicted molar refractivity (Wildman–Crippen MR) is 126 cm³/mol.